The summed E-state index contributed by atoms with van der Waals surface area (Å²) >= 11 is 0. The number of hydrogen-bond acceptors (Lipinski definition) is 6. The second kappa shape index (κ2) is 7.62. The number of aromatic nitrogens is 2. The van der Waals surface area contributed by atoms with Crippen LogP contribution in [-0.4, -0.2) is 32.1 Å². The average molecular weight is 294 g/mol. The van der Waals surface area contributed by atoms with Crippen LogP contribution in [0.1, 0.15) is 18.3 Å². The lowest BCUT2D eigenvalue weighted by Gasteiger charge is -2.03. The molecule has 0 aromatic carbocycles. The van der Waals surface area contributed by atoms with E-state index in [-0.39, 0.29) is 5.08 Å². The van der Waals surface area contributed by atoms with Gasteiger partial charge in [0.05, 0.1) is 34.0 Å². The smallest absolute Gasteiger partial charge is 0.150 e. The van der Waals surface area contributed by atoms with Crippen LogP contribution in [0.2, 0.25) is 0 Å². The fourth-order valence-corrected chi connectivity index (χ4v) is 3.07. The molecular formula is C9H12ClN3O2S2. The molecule has 0 fully saturated rings. The van der Waals surface area contributed by atoms with Crippen molar-refractivity contribution in [3.63, 3.8) is 0 Å². The van der Waals surface area contributed by atoms with Gasteiger partial charge in [0.2, 0.25) is 0 Å². The summed E-state index contributed by atoms with van der Waals surface area (Å²) in [5, 5.41) is 4.39. The van der Waals surface area contributed by atoms with Crippen molar-refractivity contribution in [2.24, 2.45) is 5.16 Å². The normalized spacial score (nSPS) is 12.9. The van der Waals surface area contributed by atoms with Gasteiger partial charge in [-0.1, -0.05) is 5.16 Å². The summed E-state index contributed by atoms with van der Waals surface area (Å²) in [5.41, 5.74) is 1.13. The minimum atomic E-state index is -1.26. The van der Waals surface area contributed by atoms with Crippen molar-refractivity contribution >= 4 is 38.7 Å². The van der Waals surface area contributed by atoms with Crippen molar-refractivity contribution in [3.8, 4) is 0 Å². The van der Waals surface area contributed by atoms with E-state index in [1.54, 1.807) is 13.1 Å². The Hall–Kier alpha value is -0.660. The highest BCUT2D eigenvalue weighted by Gasteiger charge is 2.10. The van der Waals surface area contributed by atoms with Crippen LogP contribution >= 0.6 is 21.7 Å². The van der Waals surface area contributed by atoms with Gasteiger partial charge < -0.3 is 4.84 Å². The average Bonchev–Trinajstić information content (AvgIpc) is 2.32. The maximum Gasteiger partial charge on any atom is 0.150 e. The van der Waals surface area contributed by atoms with Gasteiger partial charge >= 0.3 is 0 Å². The third kappa shape index (κ3) is 4.61. The standard InChI is InChI=1S/C9H12ClN3O2S2/c1-3-15-12-5-8-4-11-7(2)9(13-8)17(14)6-16-10/h4-5H,3,6H2,1-2H3/b12-5+. The number of oxime groups is 1. The minimum absolute atomic E-state index is 0.281. The Morgan fingerprint density at radius 2 is 2.47 bits per heavy atom. The molecule has 17 heavy (non-hydrogen) atoms. The number of aryl methyl sites for hydroxylation is 1. The molecule has 0 amide bonds. The van der Waals surface area contributed by atoms with E-state index < -0.39 is 10.8 Å². The van der Waals surface area contributed by atoms with E-state index in [1.165, 1.54) is 6.21 Å². The molecule has 1 unspecified atom stereocenters. The minimum Gasteiger partial charge on any atom is -0.396 e. The summed E-state index contributed by atoms with van der Waals surface area (Å²) in [6.07, 6.45) is 2.98. The van der Waals surface area contributed by atoms with Crippen LogP contribution in [0.15, 0.2) is 16.4 Å². The molecule has 1 heterocycles. The summed E-state index contributed by atoms with van der Waals surface area (Å²) in [4.78, 5) is 13.1. The van der Waals surface area contributed by atoms with E-state index in [2.05, 4.69) is 15.1 Å². The molecule has 1 rings (SSSR count). The number of halogens is 1. The summed E-state index contributed by atoms with van der Waals surface area (Å²) in [6.45, 7) is 4.07. The van der Waals surface area contributed by atoms with Gasteiger partial charge in [-0.15, -0.1) is 0 Å². The van der Waals surface area contributed by atoms with Gasteiger partial charge in [-0.3, -0.25) is 9.19 Å². The molecule has 0 saturated carbocycles. The predicted octanol–water partition coefficient (Wildman–Crippen LogP) is 2.11. The van der Waals surface area contributed by atoms with Crippen LogP contribution in [0.3, 0.4) is 0 Å². The van der Waals surface area contributed by atoms with Crippen molar-refractivity contribution in [1.82, 2.24) is 9.97 Å². The van der Waals surface area contributed by atoms with Gasteiger partial charge in [0.1, 0.15) is 17.3 Å². The van der Waals surface area contributed by atoms with Crippen LogP contribution in [0.25, 0.3) is 0 Å². The van der Waals surface area contributed by atoms with E-state index in [1.807, 2.05) is 6.92 Å². The number of nitrogens with zero attached hydrogens (tertiary/aromatic N) is 3. The lowest BCUT2D eigenvalue weighted by Crippen LogP contribution is -2.05. The molecular weight excluding hydrogens is 282 g/mol. The summed E-state index contributed by atoms with van der Waals surface area (Å²) in [6, 6.07) is 0. The van der Waals surface area contributed by atoms with Crippen LogP contribution in [0, 0.1) is 6.92 Å². The quantitative estimate of drug-likeness (QED) is 0.594. The molecule has 1 atom stereocenters. The molecule has 1 aromatic heterocycles. The van der Waals surface area contributed by atoms with Crippen molar-refractivity contribution < 1.29 is 9.05 Å². The summed E-state index contributed by atoms with van der Waals surface area (Å²) in [7, 11) is 5.20. The third-order valence-corrected chi connectivity index (χ3v) is 4.52. The Bertz CT molecular complexity index is 429. The van der Waals surface area contributed by atoms with Crippen LogP contribution in [-0.2, 0) is 15.6 Å². The second-order valence-corrected chi connectivity index (χ2v) is 5.80. The molecule has 94 valence electrons. The zero-order chi connectivity index (χ0) is 12.7. The molecule has 0 spiro atoms. The summed E-state index contributed by atoms with van der Waals surface area (Å²) in [5.74, 6) is 0. The molecule has 0 N–H and O–H groups in total. The SMILES string of the molecule is CCO/N=C/c1cnc(C)c(S(=O)CSCl)n1. The Balaban J connectivity index is 2.90. The van der Waals surface area contributed by atoms with Gasteiger partial charge in [0.15, 0.2) is 0 Å². The first-order valence-corrected chi connectivity index (χ1v) is 7.93. The highest BCUT2D eigenvalue weighted by molar-refractivity contribution is 8.26. The Labute approximate surface area is 111 Å². The van der Waals surface area contributed by atoms with Crippen LogP contribution < -0.4 is 0 Å². The number of rotatable bonds is 6. The maximum atomic E-state index is 11.8. The number of hydrogen-bond donors (Lipinski definition) is 0. The van der Waals surface area contributed by atoms with Crippen molar-refractivity contribution in [1.29, 1.82) is 0 Å². The maximum absolute atomic E-state index is 11.8. The molecule has 0 radical (unpaired) electrons. The van der Waals surface area contributed by atoms with E-state index in [0.29, 0.717) is 23.0 Å². The van der Waals surface area contributed by atoms with Gasteiger partial charge in [0.25, 0.3) is 0 Å². The zero-order valence-corrected chi connectivity index (χ0v) is 11.8. The summed E-state index contributed by atoms with van der Waals surface area (Å²) < 4.78 is 11.8. The molecule has 0 bridgehead atoms. The fraction of sp³-hybridized carbons (Fsp3) is 0.444. The fourth-order valence-electron chi connectivity index (χ4n) is 0.985. The zero-order valence-electron chi connectivity index (χ0n) is 9.42. The van der Waals surface area contributed by atoms with Crippen LogP contribution in [0.5, 0.6) is 0 Å². The highest BCUT2D eigenvalue weighted by atomic mass is 35.7. The molecule has 0 saturated heterocycles. The van der Waals surface area contributed by atoms with E-state index in [0.717, 1.165) is 11.0 Å². The Kier molecular flexibility index (Phi) is 6.46. The Morgan fingerprint density at radius 3 is 3.12 bits per heavy atom. The molecule has 5 nitrogen and oxygen atoms in total. The molecule has 8 heteroatoms. The Morgan fingerprint density at radius 1 is 1.71 bits per heavy atom. The third-order valence-electron chi connectivity index (χ3n) is 1.69. The van der Waals surface area contributed by atoms with E-state index in [9.17, 15) is 4.21 Å². The molecule has 0 aliphatic carbocycles. The van der Waals surface area contributed by atoms with Crippen LogP contribution in [0.4, 0.5) is 0 Å². The molecule has 0 aliphatic rings. The van der Waals surface area contributed by atoms with Crippen molar-refractivity contribution in [2.75, 3.05) is 11.7 Å². The van der Waals surface area contributed by atoms with Crippen molar-refractivity contribution in [3.05, 3.63) is 17.6 Å². The highest BCUT2D eigenvalue weighted by Crippen LogP contribution is 2.15. The largest absolute Gasteiger partial charge is 0.396 e. The van der Waals surface area contributed by atoms with Gasteiger partial charge in [-0.05, 0) is 35.5 Å². The van der Waals surface area contributed by atoms with E-state index in [4.69, 9.17) is 15.5 Å². The predicted molar refractivity (Wildman–Crippen MR) is 70.7 cm³/mol. The second-order valence-electron chi connectivity index (χ2n) is 2.91. The topological polar surface area (TPSA) is 64.4 Å². The van der Waals surface area contributed by atoms with Crippen molar-refractivity contribution in [2.45, 2.75) is 18.9 Å². The molecule has 0 aliphatic heterocycles. The first-order chi connectivity index (χ1) is 8.19. The van der Waals surface area contributed by atoms with E-state index >= 15 is 0 Å². The first-order valence-electron chi connectivity index (χ1n) is 4.80. The van der Waals surface area contributed by atoms with Gasteiger partial charge in [0, 0.05) is 0 Å². The monoisotopic (exact) mass is 293 g/mol. The lowest BCUT2D eigenvalue weighted by atomic mass is 10.4. The molecule has 1 aromatic rings. The first kappa shape index (κ1) is 14.4. The lowest BCUT2D eigenvalue weighted by molar-refractivity contribution is 0.160. The van der Waals surface area contributed by atoms with Gasteiger partial charge in [-0.25, -0.2) is 4.98 Å². The van der Waals surface area contributed by atoms with Gasteiger partial charge in [-0.2, -0.15) is 0 Å².